The third-order valence-electron chi connectivity index (χ3n) is 7.62. The standard InChI is InChI=1S/C33H30F5N5O3/c1-32(2,16-46-4)41-10-9-20(31(39)45)29-23(34)12-18(13-24(29)35)30(44)27-8-7-26-19(6-5-11-43(26)27)21-14-25-28(42(3)17-40-25)15-22(21)33(36,37)38/h5-9,11-15,17,41H,10,16H2,1-4H3,(H2,39,45). The van der Waals surface area contributed by atoms with Gasteiger partial charge in [-0.2, -0.15) is 13.2 Å². The molecular weight excluding hydrogens is 609 g/mol. The van der Waals surface area contributed by atoms with Crippen LogP contribution in [-0.4, -0.2) is 51.4 Å². The van der Waals surface area contributed by atoms with Crippen LogP contribution in [0.1, 0.15) is 41.0 Å². The van der Waals surface area contributed by atoms with Crippen molar-refractivity contribution in [3.05, 3.63) is 101 Å². The van der Waals surface area contributed by atoms with Crippen molar-refractivity contribution in [1.29, 1.82) is 0 Å². The number of carbonyl (C=O) groups excluding carboxylic acids is 2. The Labute approximate surface area is 260 Å². The van der Waals surface area contributed by atoms with E-state index in [1.807, 2.05) is 13.8 Å². The number of nitrogens with one attached hydrogen (secondary N) is 1. The average Bonchev–Trinajstić information content (AvgIpc) is 3.57. The highest BCUT2D eigenvalue weighted by molar-refractivity contribution is 6.19. The monoisotopic (exact) mass is 639 g/mol. The van der Waals surface area contributed by atoms with Crippen molar-refractivity contribution in [3.8, 4) is 11.1 Å². The number of nitrogens with zero attached hydrogens (tertiary/aromatic N) is 3. The van der Waals surface area contributed by atoms with Crippen LogP contribution in [0.15, 0.2) is 67.1 Å². The second-order valence-electron chi connectivity index (χ2n) is 11.5. The molecule has 0 aliphatic heterocycles. The molecule has 3 heterocycles. The number of hydrogen-bond acceptors (Lipinski definition) is 5. The van der Waals surface area contributed by atoms with E-state index in [1.165, 1.54) is 65.0 Å². The second kappa shape index (κ2) is 12.1. The Bertz CT molecular complexity index is 2000. The number of alkyl halides is 3. The summed E-state index contributed by atoms with van der Waals surface area (Å²) in [5.41, 5.74) is 3.43. The van der Waals surface area contributed by atoms with Gasteiger partial charge in [0.15, 0.2) is 0 Å². The molecule has 2 aromatic carbocycles. The molecule has 0 fully saturated rings. The fourth-order valence-corrected chi connectivity index (χ4v) is 5.46. The van der Waals surface area contributed by atoms with Gasteiger partial charge in [-0.05, 0) is 61.9 Å². The molecule has 3 N–H and O–H groups in total. The number of carbonyl (C=O) groups is 2. The summed E-state index contributed by atoms with van der Waals surface area (Å²) in [7, 11) is 3.11. The maximum Gasteiger partial charge on any atom is 0.417 e. The van der Waals surface area contributed by atoms with Crippen LogP contribution in [0.2, 0.25) is 0 Å². The van der Waals surface area contributed by atoms with Gasteiger partial charge in [0.2, 0.25) is 11.7 Å². The van der Waals surface area contributed by atoms with Gasteiger partial charge < -0.3 is 24.8 Å². The van der Waals surface area contributed by atoms with E-state index in [0.717, 1.165) is 18.2 Å². The number of aromatic nitrogens is 3. The number of nitrogens with two attached hydrogens (primary N) is 1. The fourth-order valence-electron chi connectivity index (χ4n) is 5.46. The number of benzene rings is 2. The highest BCUT2D eigenvalue weighted by Gasteiger charge is 2.35. The van der Waals surface area contributed by atoms with Crippen molar-refractivity contribution in [2.45, 2.75) is 25.6 Å². The molecule has 240 valence electrons. The van der Waals surface area contributed by atoms with Crippen molar-refractivity contribution < 1.29 is 36.3 Å². The Morgan fingerprint density at radius 3 is 2.35 bits per heavy atom. The number of ketones is 1. The number of pyridine rings is 1. The number of imidazole rings is 1. The third kappa shape index (κ3) is 6.15. The average molecular weight is 640 g/mol. The summed E-state index contributed by atoms with van der Waals surface area (Å²) in [5.74, 6) is -4.25. The van der Waals surface area contributed by atoms with Gasteiger partial charge in [0.05, 0.1) is 46.3 Å². The molecule has 0 saturated heterocycles. The lowest BCUT2D eigenvalue weighted by atomic mass is 9.98. The molecule has 0 radical (unpaired) electrons. The minimum atomic E-state index is -4.70. The van der Waals surface area contributed by atoms with Crippen LogP contribution in [0.4, 0.5) is 22.0 Å². The molecule has 0 unspecified atom stereocenters. The quantitative estimate of drug-likeness (QED) is 0.113. The van der Waals surface area contributed by atoms with Gasteiger partial charge in [0.25, 0.3) is 0 Å². The molecule has 8 nitrogen and oxygen atoms in total. The zero-order valence-corrected chi connectivity index (χ0v) is 25.3. The van der Waals surface area contributed by atoms with E-state index in [2.05, 4.69) is 10.3 Å². The zero-order valence-electron chi connectivity index (χ0n) is 25.3. The number of rotatable bonds is 10. The number of ether oxygens (including phenoxy) is 1. The lowest BCUT2D eigenvalue weighted by Crippen LogP contribution is -2.43. The van der Waals surface area contributed by atoms with Crippen LogP contribution in [0.3, 0.4) is 0 Å². The predicted octanol–water partition coefficient (Wildman–Crippen LogP) is 5.90. The SMILES string of the molecule is COCC(C)(C)NCC=C(C(N)=O)c1c(F)cc(C(=O)c2ccc3c(-c4cc5ncn(C)c5cc4C(F)(F)F)cccn23)cc1F. The van der Waals surface area contributed by atoms with Gasteiger partial charge >= 0.3 is 6.18 Å². The second-order valence-corrected chi connectivity index (χ2v) is 11.5. The fraction of sp³-hybridized carbons (Fsp3) is 0.242. The van der Waals surface area contributed by atoms with Gasteiger partial charge in [0, 0.05) is 49.1 Å². The lowest BCUT2D eigenvalue weighted by molar-refractivity contribution is -0.137. The highest BCUT2D eigenvalue weighted by Crippen LogP contribution is 2.41. The molecule has 0 spiro atoms. The summed E-state index contributed by atoms with van der Waals surface area (Å²) >= 11 is 0. The number of fused-ring (bicyclic) bond motifs is 2. The van der Waals surface area contributed by atoms with Crippen LogP contribution < -0.4 is 11.1 Å². The molecule has 1 amide bonds. The van der Waals surface area contributed by atoms with Gasteiger partial charge in [-0.25, -0.2) is 13.8 Å². The minimum absolute atomic E-state index is 0.0377. The maximum absolute atomic E-state index is 15.4. The Hall–Kier alpha value is -4.88. The highest BCUT2D eigenvalue weighted by atomic mass is 19.4. The molecule has 0 aliphatic carbocycles. The first kappa shape index (κ1) is 32.5. The van der Waals surface area contributed by atoms with Crippen LogP contribution in [-0.2, 0) is 22.8 Å². The summed E-state index contributed by atoms with van der Waals surface area (Å²) in [5, 5.41) is 3.08. The topological polar surface area (TPSA) is 104 Å². The summed E-state index contributed by atoms with van der Waals surface area (Å²) in [6, 6.07) is 9.72. The molecule has 0 atom stereocenters. The molecule has 0 bridgehead atoms. The molecule has 0 aliphatic rings. The van der Waals surface area contributed by atoms with E-state index in [1.54, 1.807) is 7.05 Å². The molecule has 46 heavy (non-hydrogen) atoms. The Morgan fingerprint density at radius 2 is 1.72 bits per heavy atom. The van der Waals surface area contributed by atoms with Crippen molar-refractivity contribution >= 4 is 33.8 Å². The van der Waals surface area contributed by atoms with Crippen molar-refractivity contribution in [2.75, 3.05) is 20.3 Å². The molecule has 13 heteroatoms. The Morgan fingerprint density at radius 1 is 1.02 bits per heavy atom. The summed E-state index contributed by atoms with van der Waals surface area (Å²) in [4.78, 5) is 29.9. The Kier molecular flexibility index (Phi) is 8.58. The minimum Gasteiger partial charge on any atom is -0.383 e. The first-order valence-corrected chi connectivity index (χ1v) is 14.0. The van der Waals surface area contributed by atoms with Crippen molar-refractivity contribution in [2.24, 2.45) is 12.8 Å². The number of amides is 1. The van der Waals surface area contributed by atoms with E-state index >= 15 is 8.78 Å². The molecule has 5 rings (SSSR count). The lowest BCUT2D eigenvalue weighted by Gasteiger charge is -2.24. The summed E-state index contributed by atoms with van der Waals surface area (Å²) < 4.78 is 81.4. The molecule has 0 saturated carbocycles. The third-order valence-corrected chi connectivity index (χ3v) is 7.62. The van der Waals surface area contributed by atoms with E-state index in [0.29, 0.717) is 17.6 Å². The largest absolute Gasteiger partial charge is 0.417 e. The molecular formula is C33H30F5N5O3. The maximum atomic E-state index is 15.4. The number of methoxy groups -OCH3 is 1. The first-order valence-electron chi connectivity index (χ1n) is 14.0. The van der Waals surface area contributed by atoms with Gasteiger partial charge in [-0.1, -0.05) is 12.1 Å². The number of primary amides is 1. The van der Waals surface area contributed by atoms with E-state index in [9.17, 15) is 22.8 Å². The smallest absolute Gasteiger partial charge is 0.383 e. The van der Waals surface area contributed by atoms with Gasteiger partial charge in [-0.15, -0.1) is 0 Å². The summed E-state index contributed by atoms with van der Waals surface area (Å²) in [6.07, 6.45) is -0.569. The molecule has 3 aromatic heterocycles. The van der Waals surface area contributed by atoms with Crippen LogP contribution in [0, 0.1) is 11.6 Å². The van der Waals surface area contributed by atoms with Crippen molar-refractivity contribution in [1.82, 2.24) is 19.3 Å². The van der Waals surface area contributed by atoms with Gasteiger partial charge in [-0.3, -0.25) is 9.59 Å². The van der Waals surface area contributed by atoms with Crippen LogP contribution >= 0.6 is 0 Å². The summed E-state index contributed by atoms with van der Waals surface area (Å²) in [6.45, 7) is 4.03. The van der Waals surface area contributed by atoms with E-state index in [4.69, 9.17) is 10.5 Å². The number of aryl methyl sites for hydroxylation is 1. The number of hydrogen-bond donors (Lipinski definition) is 2. The molecule has 5 aromatic rings. The predicted molar refractivity (Wildman–Crippen MR) is 163 cm³/mol. The van der Waals surface area contributed by atoms with Crippen LogP contribution in [0.5, 0.6) is 0 Å². The number of halogens is 5. The zero-order chi connectivity index (χ0) is 33.6. The van der Waals surface area contributed by atoms with Gasteiger partial charge in [0.1, 0.15) is 11.6 Å². The normalized spacial score (nSPS) is 12.8. The first-order chi connectivity index (χ1) is 21.6. The van der Waals surface area contributed by atoms with E-state index < -0.39 is 51.7 Å². The van der Waals surface area contributed by atoms with E-state index in [-0.39, 0.29) is 34.4 Å². The van der Waals surface area contributed by atoms with Crippen LogP contribution in [0.25, 0.3) is 33.3 Å². The van der Waals surface area contributed by atoms with Crippen molar-refractivity contribution in [3.63, 3.8) is 0 Å². The Balaban J connectivity index is 1.54.